The number of halogens is 1. The van der Waals surface area contributed by atoms with Gasteiger partial charge in [0.25, 0.3) is 0 Å². The molecule has 6 rings (SSSR count). The highest BCUT2D eigenvalue weighted by Crippen LogP contribution is 2.46. The normalized spacial score (nSPS) is 21.5. The number of aromatic amines is 1. The van der Waals surface area contributed by atoms with Gasteiger partial charge in [-0.15, -0.1) is 0 Å². The van der Waals surface area contributed by atoms with Crippen LogP contribution in [0.5, 0.6) is 0 Å². The average molecular weight is 582 g/mol. The second-order valence-corrected chi connectivity index (χ2v) is 14.1. The molecular weight excluding hydrogens is 552 g/mol. The topological polar surface area (TPSA) is 97.3 Å². The largest absolute Gasteiger partial charge is 0.368 e. The number of sulfone groups is 1. The smallest absolute Gasteiger partial charge is 0.195 e. The predicted octanol–water partition coefficient (Wildman–Crippen LogP) is 4.37. The number of piperazine rings is 1. The van der Waals surface area contributed by atoms with Gasteiger partial charge in [-0.05, 0) is 58.6 Å². The summed E-state index contributed by atoms with van der Waals surface area (Å²) in [6, 6.07) is 12.1. The number of nitriles is 1. The Labute approximate surface area is 225 Å². The monoisotopic (exact) mass is 580 g/mol. The van der Waals surface area contributed by atoms with E-state index in [0.717, 1.165) is 71.3 Å². The van der Waals surface area contributed by atoms with Gasteiger partial charge in [-0.2, -0.15) is 5.26 Å². The molecule has 1 aromatic heterocycles. The van der Waals surface area contributed by atoms with Gasteiger partial charge in [-0.1, -0.05) is 19.9 Å². The summed E-state index contributed by atoms with van der Waals surface area (Å²) >= 11 is 3.76. The van der Waals surface area contributed by atoms with E-state index in [9.17, 15) is 18.5 Å². The van der Waals surface area contributed by atoms with Crippen molar-refractivity contribution < 1.29 is 13.2 Å². The number of fused-ring (bicyclic) bond motifs is 4. The second kappa shape index (κ2) is 8.69. The fourth-order valence-corrected chi connectivity index (χ4v) is 8.38. The molecule has 1 N–H and O–H groups in total. The van der Waals surface area contributed by atoms with E-state index in [1.165, 1.54) is 0 Å². The molecule has 1 aliphatic carbocycles. The van der Waals surface area contributed by atoms with E-state index >= 15 is 0 Å². The van der Waals surface area contributed by atoms with E-state index in [4.69, 9.17) is 0 Å². The van der Waals surface area contributed by atoms with Gasteiger partial charge in [0.15, 0.2) is 5.78 Å². The Morgan fingerprint density at radius 3 is 2.46 bits per heavy atom. The third kappa shape index (κ3) is 4.01. The summed E-state index contributed by atoms with van der Waals surface area (Å²) in [5.74, 6) is 0.597. The Morgan fingerprint density at radius 1 is 1.08 bits per heavy atom. The number of aromatic nitrogens is 1. The number of rotatable bonds is 2. The molecular formula is C28H29BrN4O3S. The van der Waals surface area contributed by atoms with E-state index < -0.39 is 15.3 Å². The fourth-order valence-electron chi connectivity index (χ4n) is 6.32. The molecule has 7 nitrogen and oxygen atoms in total. The summed E-state index contributed by atoms with van der Waals surface area (Å²) in [6.07, 6.45) is 1.45. The number of hydrogen-bond acceptors (Lipinski definition) is 6. The number of carbonyl (C=O) groups excluding carboxylic acids is 1. The molecule has 9 heteroatoms. The quantitative estimate of drug-likeness (QED) is 0.483. The summed E-state index contributed by atoms with van der Waals surface area (Å²) in [6.45, 7) is 7.77. The van der Waals surface area contributed by atoms with Crippen molar-refractivity contribution in [2.24, 2.45) is 0 Å². The lowest BCUT2D eigenvalue weighted by molar-refractivity contribution is 0.103. The Balaban J connectivity index is 1.30. The molecule has 3 heterocycles. The van der Waals surface area contributed by atoms with E-state index in [1.807, 2.05) is 18.2 Å². The van der Waals surface area contributed by atoms with Crippen molar-refractivity contribution in [2.75, 3.05) is 42.6 Å². The minimum atomic E-state index is -2.86. The van der Waals surface area contributed by atoms with Crippen LogP contribution in [0.1, 0.15) is 59.4 Å². The number of nitrogens with one attached hydrogen (secondary N) is 1. The molecule has 0 radical (unpaired) electrons. The van der Waals surface area contributed by atoms with Crippen molar-refractivity contribution in [3.8, 4) is 6.07 Å². The van der Waals surface area contributed by atoms with Crippen molar-refractivity contribution in [1.82, 2.24) is 9.88 Å². The molecule has 3 aliphatic rings. The van der Waals surface area contributed by atoms with Gasteiger partial charge in [-0.25, -0.2) is 8.42 Å². The fraction of sp³-hybridized carbons (Fsp3) is 0.429. The maximum absolute atomic E-state index is 13.8. The van der Waals surface area contributed by atoms with E-state index in [0.29, 0.717) is 34.2 Å². The molecule has 0 saturated carbocycles. The molecule has 192 valence electrons. The van der Waals surface area contributed by atoms with E-state index in [-0.39, 0.29) is 5.78 Å². The van der Waals surface area contributed by atoms with Gasteiger partial charge < -0.3 is 9.88 Å². The van der Waals surface area contributed by atoms with Gasteiger partial charge in [-0.3, -0.25) is 9.69 Å². The van der Waals surface area contributed by atoms with Crippen LogP contribution in [0.2, 0.25) is 0 Å². The highest BCUT2D eigenvalue weighted by atomic mass is 79.9. The molecule has 0 atom stereocenters. The number of anilines is 1. The average Bonchev–Trinajstić information content (AvgIpc) is 3.27. The molecule has 0 amide bonds. The first kappa shape index (κ1) is 24.7. The molecule has 0 spiro atoms. The number of benzene rings is 2. The number of hydrogen-bond donors (Lipinski definition) is 1. The first-order valence-electron chi connectivity index (χ1n) is 12.7. The molecule has 0 bridgehead atoms. The summed E-state index contributed by atoms with van der Waals surface area (Å²) in [4.78, 5) is 22.0. The zero-order valence-corrected chi connectivity index (χ0v) is 23.4. The summed E-state index contributed by atoms with van der Waals surface area (Å²) < 4.78 is 24.6. The Kier molecular flexibility index (Phi) is 5.79. The molecule has 37 heavy (non-hydrogen) atoms. The van der Waals surface area contributed by atoms with Crippen molar-refractivity contribution in [3.63, 3.8) is 0 Å². The van der Waals surface area contributed by atoms with Crippen molar-refractivity contribution >= 4 is 48.1 Å². The van der Waals surface area contributed by atoms with Crippen LogP contribution in [0, 0.1) is 11.3 Å². The minimum absolute atomic E-state index is 0.00426. The third-order valence-electron chi connectivity index (χ3n) is 8.48. The molecule has 0 unspecified atom stereocenters. The highest BCUT2D eigenvalue weighted by molar-refractivity contribution is 9.10. The molecule has 2 saturated heterocycles. The van der Waals surface area contributed by atoms with Crippen LogP contribution in [0.15, 0.2) is 34.8 Å². The van der Waals surface area contributed by atoms with Crippen LogP contribution in [-0.4, -0.2) is 67.8 Å². The van der Waals surface area contributed by atoms with Crippen LogP contribution in [0.3, 0.4) is 0 Å². The predicted molar refractivity (Wildman–Crippen MR) is 148 cm³/mol. The summed E-state index contributed by atoms with van der Waals surface area (Å²) in [7, 11) is -2.86. The van der Waals surface area contributed by atoms with E-state index in [2.05, 4.69) is 56.7 Å². The van der Waals surface area contributed by atoms with Gasteiger partial charge >= 0.3 is 0 Å². The van der Waals surface area contributed by atoms with Gasteiger partial charge in [0.1, 0.15) is 9.84 Å². The van der Waals surface area contributed by atoms with Crippen LogP contribution in [0.25, 0.3) is 10.9 Å². The van der Waals surface area contributed by atoms with Crippen molar-refractivity contribution in [3.05, 3.63) is 62.8 Å². The van der Waals surface area contributed by atoms with E-state index in [1.54, 1.807) is 6.07 Å². The highest BCUT2D eigenvalue weighted by Gasteiger charge is 2.41. The first-order valence-corrected chi connectivity index (χ1v) is 15.3. The number of carbonyl (C=O) groups is 1. The number of ketones is 1. The lowest BCUT2D eigenvalue weighted by Gasteiger charge is -2.42. The van der Waals surface area contributed by atoms with Crippen molar-refractivity contribution in [1.29, 1.82) is 5.26 Å². The molecule has 2 aromatic carbocycles. The maximum atomic E-state index is 13.8. The lowest BCUT2D eigenvalue weighted by Crippen LogP contribution is -2.52. The molecule has 2 aliphatic heterocycles. The van der Waals surface area contributed by atoms with Crippen molar-refractivity contribution in [2.45, 2.75) is 38.1 Å². The minimum Gasteiger partial charge on any atom is -0.368 e. The molecule has 3 aromatic rings. The van der Waals surface area contributed by atoms with Crippen LogP contribution >= 0.6 is 15.9 Å². The third-order valence-corrected chi connectivity index (χ3v) is 10.8. The number of nitrogens with zero attached hydrogens (tertiary/aromatic N) is 3. The Hall–Kier alpha value is -2.67. The SMILES string of the molecule is CC1(C)c2cc(N3CCN(C4CCS(=O)(=O)CC4)CC3)c(Br)cc2C(=O)c2c1[nH]c1cc(C#N)ccc21. The summed E-state index contributed by atoms with van der Waals surface area (Å²) in [5, 5.41) is 10.2. The zero-order chi connectivity index (χ0) is 26.1. The second-order valence-electron chi connectivity index (χ2n) is 11.0. The van der Waals surface area contributed by atoms with Gasteiger partial charge in [0.2, 0.25) is 0 Å². The summed E-state index contributed by atoms with van der Waals surface area (Å²) in [5.41, 5.74) is 5.32. The zero-order valence-electron chi connectivity index (χ0n) is 21.0. The van der Waals surface area contributed by atoms with Crippen LogP contribution in [-0.2, 0) is 15.3 Å². The van der Waals surface area contributed by atoms with Gasteiger partial charge in [0.05, 0.1) is 34.4 Å². The van der Waals surface area contributed by atoms with Crippen LogP contribution < -0.4 is 4.90 Å². The Morgan fingerprint density at radius 2 is 1.78 bits per heavy atom. The number of H-pyrrole nitrogens is 1. The Bertz CT molecular complexity index is 1580. The lowest BCUT2D eigenvalue weighted by atomic mass is 9.71. The first-order chi connectivity index (χ1) is 17.6. The molecule has 2 fully saturated rings. The maximum Gasteiger partial charge on any atom is 0.195 e. The van der Waals surface area contributed by atoms with Crippen LogP contribution in [0.4, 0.5) is 5.69 Å². The van der Waals surface area contributed by atoms with Gasteiger partial charge in [0, 0.05) is 64.3 Å². The standard InChI is InChI=1S/C28H29BrN4O3S/c1-28(2)21-15-24(33-9-7-32(8-10-33)18-5-11-37(35,36)12-6-18)22(29)14-20(21)26(34)25-19-4-3-17(16-30)13-23(19)31-27(25)28/h3-4,13-15,18,31H,5-12H2,1-2H3.